The summed E-state index contributed by atoms with van der Waals surface area (Å²) in [4.78, 5) is 13.2. The molecule has 0 aromatic heterocycles. The fourth-order valence-electron chi connectivity index (χ4n) is 4.26. The van der Waals surface area contributed by atoms with Crippen LogP contribution in [0.2, 0.25) is 0 Å². The Hall–Kier alpha value is -3.74. The van der Waals surface area contributed by atoms with Gasteiger partial charge in [0, 0.05) is 18.3 Å². The van der Waals surface area contributed by atoms with Crippen LogP contribution in [0.5, 0.6) is 5.75 Å². The zero-order valence-corrected chi connectivity index (χ0v) is 19.5. The number of carboxylic acid groups (broad SMARTS) is 1. The van der Waals surface area contributed by atoms with Crippen LogP contribution in [0.1, 0.15) is 53.6 Å². The SMILES string of the molecule is CC(C)c1ccc(N2CCc3cc(O)ccc3C2c2ccc(/C=C/C(=O)O)cc2)cc1.FC(F)F. The molecule has 3 aromatic carbocycles. The first kappa shape index (κ1) is 25.9. The number of phenolic OH excluding ortho intramolecular Hbond substituents is 1. The number of fused-ring (bicyclic) bond motifs is 1. The highest BCUT2D eigenvalue weighted by atomic mass is 19.4. The first-order valence-electron chi connectivity index (χ1n) is 11.3. The highest BCUT2D eigenvalue weighted by molar-refractivity contribution is 5.85. The lowest BCUT2D eigenvalue weighted by Crippen LogP contribution is -2.36. The van der Waals surface area contributed by atoms with Crippen LogP contribution in [-0.2, 0) is 11.2 Å². The van der Waals surface area contributed by atoms with E-state index in [1.807, 2.05) is 24.3 Å². The van der Waals surface area contributed by atoms with E-state index in [4.69, 9.17) is 5.11 Å². The van der Waals surface area contributed by atoms with E-state index in [1.165, 1.54) is 16.8 Å². The fraction of sp³-hybridized carbons (Fsp3) is 0.250. The number of carboxylic acids is 1. The largest absolute Gasteiger partial charge is 0.508 e. The molecular weight excluding hydrogens is 455 g/mol. The molecule has 0 fully saturated rings. The van der Waals surface area contributed by atoms with Gasteiger partial charge in [0.25, 0.3) is 0 Å². The molecule has 0 bridgehead atoms. The monoisotopic (exact) mass is 483 g/mol. The van der Waals surface area contributed by atoms with Crippen LogP contribution in [-0.4, -0.2) is 29.4 Å². The molecule has 0 radical (unpaired) electrons. The Labute approximate surface area is 203 Å². The smallest absolute Gasteiger partial charge is 0.379 e. The number of carbonyl (C=O) groups is 1. The van der Waals surface area contributed by atoms with Crippen molar-refractivity contribution in [1.82, 2.24) is 0 Å². The number of anilines is 1. The summed E-state index contributed by atoms with van der Waals surface area (Å²) in [6.07, 6.45) is 3.61. The number of aromatic hydroxyl groups is 1. The van der Waals surface area contributed by atoms with E-state index in [-0.39, 0.29) is 6.04 Å². The van der Waals surface area contributed by atoms with E-state index in [0.717, 1.165) is 35.7 Å². The molecule has 1 unspecified atom stereocenters. The minimum atomic E-state index is -3.67. The second-order valence-corrected chi connectivity index (χ2v) is 8.56. The summed E-state index contributed by atoms with van der Waals surface area (Å²) >= 11 is 0. The molecule has 0 saturated carbocycles. The van der Waals surface area contributed by atoms with Crippen molar-refractivity contribution in [2.24, 2.45) is 0 Å². The first-order chi connectivity index (χ1) is 16.7. The molecule has 35 heavy (non-hydrogen) atoms. The number of nitrogens with zero attached hydrogens (tertiary/aromatic N) is 1. The highest BCUT2D eigenvalue weighted by Crippen LogP contribution is 2.39. The van der Waals surface area contributed by atoms with Crippen LogP contribution in [0.25, 0.3) is 6.08 Å². The molecule has 1 aliphatic rings. The number of rotatable bonds is 5. The third kappa shape index (κ3) is 6.88. The maximum Gasteiger partial charge on any atom is 0.379 e. The molecule has 3 aromatic rings. The normalized spacial score (nSPS) is 15.2. The molecular formula is C28H28F3NO3. The summed E-state index contributed by atoms with van der Waals surface area (Å²) in [6, 6.07) is 22.4. The van der Waals surface area contributed by atoms with Crippen molar-refractivity contribution in [1.29, 1.82) is 0 Å². The lowest BCUT2D eigenvalue weighted by atomic mass is 9.87. The third-order valence-corrected chi connectivity index (χ3v) is 5.92. The second-order valence-electron chi connectivity index (χ2n) is 8.56. The Morgan fingerprint density at radius 2 is 1.63 bits per heavy atom. The van der Waals surface area contributed by atoms with Crippen LogP contribution < -0.4 is 4.90 Å². The van der Waals surface area contributed by atoms with Crippen molar-refractivity contribution >= 4 is 17.7 Å². The van der Waals surface area contributed by atoms with E-state index in [0.29, 0.717) is 11.7 Å². The average Bonchev–Trinajstić information content (AvgIpc) is 2.82. The molecule has 0 amide bonds. The second kappa shape index (κ2) is 11.6. The predicted molar refractivity (Wildman–Crippen MR) is 132 cm³/mol. The Balaban J connectivity index is 0.000000795. The molecule has 7 heteroatoms. The van der Waals surface area contributed by atoms with Crippen LogP contribution in [0.3, 0.4) is 0 Å². The first-order valence-corrected chi connectivity index (χ1v) is 11.3. The average molecular weight is 484 g/mol. The molecule has 184 valence electrons. The predicted octanol–water partition coefficient (Wildman–Crippen LogP) is 6.94. The number of benzene rings is 3. The summed E-state index contributed by atoms with van der Waals surface area (Å²) in [5.74, 6) is -0.177. The van der Waals surface area contributed by atoms with Gasteiger partial charge in [-0.1, -0.05) is 56.3 Å². The molecule has 2 N–H and O–H groups in total. The van der Waals surface area contributed by atoms with Gasteiger partial charge in [-0.15, -0.1) is 0 Å². The maximum absolute atomic E-state index is 10.8. The quantitative estimate of drug-likeness (QED) is 0.386. The topological polar surface area (TPSA) is 60.8 Å². The Kier molecular flexibility index (Phi) is 8.58. The minimum Gasteiger partial charge on any atom is -0.508 e. The lowest BCUT2D eigenvalue weighted by Gasteiger charge is -2.39. The van der Waals surface area contributed by atoms with Gasteiger partial charge in [0.05, 0.1) is 6.04 Å². The van der Waals surface area contributed by atoms with Crippen molar-refractivity contribution in [2.45, 2.75) is 38.9 Å². The van der Waals surface area contributed by atoms with E-state index < -0.39 is 12.6 Å². The van der Waals surface area contributed by atoms with Gasteiger partial charge in [0.2, 0.25) is 0 Å². The van der Waals surface area contributed by atoms with Gasteiger partial charge in [0.1, 0.15) is 5.75 Å². The maximum atomic E-state index is 10.8. The van der Waals surface area contributed by atoms with Crippen molar-refractivity contribution in [3.63, 3.8) is 0 Å². The summed E-state index contributed by atoms with van der Waals surface area (Å²) in [5.41, 5.74) is 6.81. The van der Waals surface area contributed by atoms with Crippen molar-refractivity contribution in [3.05, 3.63) is 101 Å². The highest BCUT2D eigenvalue weighted by Gasteiger charge is 2.29. The van der Waals surface area contributed by atoms with Crippen molar-refractivity contribution < 1.29 is 28.2 Å². The van der Waals surface area contributed by atoms with E-state index in [9.17, 15) is 23.1 Å². The summed E-state index contributed by atoms with van der Waals surface area (Å²) in [6.45, 7) is 1.58. The van der Waals surface area contributed by atoms with Gasteiger partial charge in [-0.05, 0) is 70.5 Å². The lowest BCUT2D eigenvalue weighted by molar-refractivity contribution is -0.131. The van der Waals surface area contributed by atoms with Crippen molar-refractivity contribution in [3.8, 4) is 5.75 Å². The van der Waals surface area contributed by atoms with Gasteiger partial charge in [-0.3, -0.25) is 0 Å². The van der Waals surface area contributed by atoms with E-state index in [1.54, 1.807) is 12.1 Å². The molecule has 0 aliphatic carbocycles. The molecule has 1 atom stereocenters. The summed E-state index contributed by atoms with van der Waals surface area (Å²) < 4.78 is 29.0. The summed E-state index contributed by atoms with van der Waals surface area (Å²) in [7, 11) is 0. The molecule has 0 spiro atoms. The molecule has 4 nitrogen and oxygen atoms in total. The molecule has 0 saturated heterocycles. The van der Waals surface area contributed by atoms with Crippen molar-refractivity contribution in [2.75, 3.05) is 11.4 Å². The van der Waals surface area contributed by atoms with Crippen LogP contribution in [0, 0.1) is 0 Å². The number of phenols is 1. The molecule has 1 aliphatic heterocycles. The number of hydrogen-bond acceptors (Lipinski definition) is 3. The third-order valence-electron chi connectivity index (χ3n) is 5.92. The zero-order valence-electron chi connectivity index (χ0n) is 19.5. The van der Waals surface area contributed by atoms with Gasteiger partial charge in [-0.2, -0.15) is 13.2 Å². The Morgan fingerprint density at radius 3 is 2.20 bits per heavy atom. The number of hydrogen-bond donors (Lipinski definition) is 2. The van der Waals surface area contributed by atoms with Crippen LogP contribution in [0.15, 0.2) is 72.8 Å². The molecule has 4 rings (SSSR count). The molecule has 1 heterocycles. The zero-order chi connectivity index (χ0) is 25.5. The van der Waals surface area contributed by atoms with Crippen LogP contribution >= 0.6 is 0 Å². The standard InChI is InChI=1S/C27H27NO3.CHF3/c1-18(2)20-8-10-23(11-9-20)28-16-15-22-17-24(29)12-13-25(22)27(28)21-6-3-19(4-7-21)5-14-26(30)31;2-1(3)4/h3-14,17-18,27,29H,15-16H2,1-2H3,(H,30,31);1H/b14-5+;. The Morgan fingerprint density at radius 1 is 1.00 bits per heavy atom. The van der Waals surface area contributed by atoms with Gasteiger partial charge < -0.3 is 15.1 Å². The van der Waals surface area contributed by atoms with Gasteiger partial charge in [-0.25, -0.2) is 4.79 Å². The van der Waals surface area contributed by atoms with E-state index >= 15 is 0 Å². The minimum absolute atomic E-state index is 0.0201. The Bertz CT molecular complexity index is 1160. The van der Waals surface area contributed by atoms with Gasteiger partial charge in [0.15, 0.2) is 0 Å². The number of alkyl halides is 3. The fourth-order valence-corrected chi connectivity index (χ4v) is 4.26. The number of aliphatic carboxylic acids is 1. The summed E-state index contributed by atoms with van der Waals surface area (Å²) in [5, 5.41) is 18.8. The van der Waals surface area contributed by atoms with Gasteiger partial charge >= 0.3 is 12.6 Å². The number of halogens is 3. The van der Waals surface area contributed by atoms with E-state index in [2.05, 4.69) is 55.1 Å². The van der Waals surface area contributed by atoms with Crippen LogP contribution in [0.4, 0.5) is 18.9 Å².